The molecule has 1 aliphatic heterocycles. The van der Waals surface area contributed by atoms with E-state index in [1.54, 1.807) is 7.11 Å². The van der Waals surface area contributed by atoms with Crippen molar-refractivity contribution >= 4 is 16.6 Å². The Labute approximate surface area is 140 Å². The number of hydrogen-bond acceptors (Lipinski definition) is 6. The normalized spacial score (nSPS) is 15.0. The van der Waals surface area contributed by atoms with Crippen molar-refractivity contribution in [3.8, 4) is 17.3 Å². The molecule has 0 aliphatic carbocycles. The van der Waals surface area contributed by atoms with Crippen LogP contribution >= 0.6 is 0 Å². The van der Waals surface area contributed by atoms with Gasteiger partial charge >= 0.3 is 6.01 Å². The van der Waals surface area contributed by atoms with E-state index in [0.29, 0.717) is 6.01 Å². The molecule has 4 rings (SSSR count). The molecule has 0 saturated carbocycles. The van der Waals surface area contributed by atoms with E-state index in [1.807, 2.05) is 19.2 Å². The van der Waals surface area contributed by atoms with Gasteiger partial charge in [0, 0.05) is 54.7 Å². The molecule has 0 radical (unpaired) electrons. The molecule has 0 bridgehead atoms. The zero-order valence-electron chi connectivity index (χ0n) is 13.8. The number of H-pyrrole nitrogens is 1. The lowest BCUT2D eigenvalue weighted by atomic mass is 10.0. The minimum atomic E-state index is 0.369. The van der Waals surface area contributed by atoms with E-state index in [2.05, 4.69) is 42.5 Å². The van der Waals surface area contributed by atoms with Crippen LogP contribution in [0, 0.1) is 6.92 Å². The van der Waals surface area contributed by atoms with Gasteiger partial charge in [-0.15, -0.1) is 0 Å². The van der Waals surface area contributed by atoms with Gasteiger partial charge < -0.3 is 15.0 Å². The molecule has 3 aromatic rings. The van der Waals surface area contributed by atoms with E-state index in [1.165, 1.54) is 0 Å². The lowest BCUT2D eigenvalue weighted by molar-refractivity contribution is 0.382. The summed E-state index contributed by atoms with van der Waals surface area (Å²) in [6.45, 7) is 5.91. The summed E-state index contributed by atoms with van der Waals surface area (Å²) in [5.41, 5.74) is 4.90. The zero-order valence-corrected chi connectivity index (χ0v) is 13.8. The molecule has 7 heteroatoms. The predicted molar refractivity (Wildman–Crippen MR) is 93.5 cm³/mol. The number of ether oxygens (including phenoxy) is 1. The first-order valence-corrected chi connectivity index (χ1v) is 8.08. The van der Waals surface area contributed by atoms with Gasteiger partial charge in [0.2, 0.25) is 0 Å². The van der Waals surface area contributed by atoms with Gasteiger partial charge in [-0.1, -0.05) is 0 Å². The van der Waals surface area contributed by atoms with Crippen LogP contribution in [0.4, 0.5) is 5.69 Å². The van der Waals surface area contributed by atoms with Crippen molar-refractivity contribution in [2.75, 3.05) is 38.2 Å². The molecule has 24 heavy (non-hydrogen) atoms. The fraction of sp³-hybridized carbons (Fsp3) is 0.353. The number of rotatable bonds is 3. The summed E-state index contributed by atoms with van der Waals surface area (Å²) in [5, 5.41) is 11.8. The molecule has 2 aromatic heterocycles. The highest BCUT2D eigenvalue weighted by Gasteiger charge is 2.18. The Hall–Kier alpha value is -2.67. The molecule has 0 spiro atoms. The number of anilines is 1. The number of methoxy groups -OCH3 is 1. The molecule has 124 valence electrons. The van der Waals surface area contributed by atoms with E-state index in [0.717, 1.165) is 59.7 Å². The average Bonchev–Trinajstić information content (AvgIpc) is 3.07. The van der Waals surface area contributed by atoms with Gasteiger partial charge in [0.1, 0.15) is 0 Å². The molecule has 1 fully saturated rings. The summed E-state index contributed by atoms with van der Waals surface area (Å²) in [4.78, 5) is 11.3. The third kappa shape index (κ3) is 2.56. The first-order chi connectivity index (χ1) is 11.8. The van der Waals surface area contributed by atoms with Crippen molar-refractivity contribution in [1.29, 1.82) is 0 Å². The van der Waals surface area contributed by atoms with Gasteiger partial charge in [0.15, 0.2) is 0 Å². The Bertz CT molecular complexity index is 869. The van der Waals surface area contributed by atoms with Gasteiger partial charge in [-0.3, -0.25) is 5.10 Å². The number of hydrogen-bond donors (Lipinski definition) is 2. The van der Waals surface area contributed by atoms with Gasteiger partial charge in [0.05, 0.1) is 18.3 Å². The van der Waals surface area contributed by atoms with Crippen molar-refractivity contribution in [3.63, 3.8) is 0 Å². The highest BCUT2D eigenvalue weighted by atomic mass is 16.5. The highest BCUT2D eigenvalue weighted by Crippen LogP contribution is 2.34. The number of nitrogens with one attached hydrogen (secondary N) is 2. The summed E-state index contributed by atoms with van der Waals surface area (Å²) in [6.07, 6.45) is 1.85. The Morgan fingerprint density at radius 3 is 2.75 bits per heavy atom. The third-order valence-electron chi connectivity index (χ3n) is 4.33. The molecule has 0 amide bonds. The first-order valence-electron chi connectivity index (χ1n) is 8.08. The molecule has 1 aromatic carbocycles. The van der Waals surface area contributed by atoms with E-state index < -0.39 is 0 Å². The maximum absolute atomic E-state index is 5.23. The number of piperazine rings is 1. The Balaban J connectivity index is 1.91. The topological polar surface area (TPSA) is 79.0 Å². The number of aromatic nitrogens is 4. The maximum atomic E-state index is 5.23. The molecule has 3 heterocycles. The molecular weight excluding hydrogens is 304 g/mol. The van der Waals surface area contributed by atoms with E-state index in [4.69, 9.17) is 4.74 Å². The largest absolute Gasteiger partial charge is 0.467 e. The van der Waals surface area contributed by atoms with Crippen molar-refractivity contribution in [2.24, 2.45) is 0 Å². The summed E-state index contributed by atoms with van der Waals surface area (Å²) in [6, 6.07) is 6.62. The standard InChI is InChI=1S/C17H20N6O/c1-11-9-14(22-21-11)12-3-4-15(23-7-5-18-6-8-23)13-10-19-17(24-2)20-16(12)13/h3-4,9-10,18H,5-8H2,1-2H3,(H,21,22). The lowest BCUT2D eigenvalue weighted by Crippen LogP contribution is -2.43. The van der Waals surface area contributed by atoms with Crippen molar-refractivity contribution < 1.29 is 4.74 Å². The minimum Gasteiger partial charge on any atom is -0.467 e. The van der Waals surface area contributed by atoms with E-state index in [-0.39, 0.29) is 0 Å². The Morgan fingerprint density at radius 1 is 1.21 bits per heavy atom. The number of aryl methyl sites for hydroxylation is 1. The second-order valence-electron chi connectivity index (χ2n) is 5.92. The number of benzene rings is 1. The summed E-state index contributed by atoms with van der Waals surface area (Å²) in [5.74, 6) is 0. The maximum Gasteiger partial charge on any atom is 0.316 e. The quantitative estimate of drug-likeness (QED) is 0.764. The van der Waals surface area contributed by atoms with Crippen molar-refractivity contribution in [2.45, 2.75) is 6.92 Å². The second-order valence-corrected chi connectivity index (χ2v) is 5.92. The van der Waals surface area contributed by atoms with Crippen LogP contribution in [-0.4, -0.2) is 53.5 Å². The monoisotopic (exact) mass is 324 g/mol. The van der Waals surface area contributed by atoms with Crippen LogP contribution in [-0.2, 0) is 0 Å². The van der Waals surface area contributed by atoms with Crippen LogP contribution in [0.3, 0.4) is 0 Å². The summed E-state index contributed by atoms with van der Waals surface area (Å²) < 4.78 is 5.23. The molecule has 1 aliphatic rings. The van der Waals surface area contributed by atoms with E-state index >= 15 is 0 Å². The third-order valence-corrected chi connectivity index (χ3v) is 4.33. The lowest BCUT2D eigenvalue weighted by Gasteiger charge is -2.30. The minimum absolute atomic E-state index is 0.369. The van der Waals surface area contributed by atoms with Crippen LogP contribution in [0.15, 0.2) is 24.4 Å². The fourth-order valence-corrected chi connectivity index (χ4v) is 3.13. The Kier molecular flexibility index (Phi) is 3.78. The highest BCUT2D eigenvalue weighted by molar-refractivity contribution is 6.00. The molecule has 1 saturated heterocycles. The molecule has 0 unspecified atom stereocenters. The van der Waals surface area contributed by atoms with Gasteiger partial charge in [0.25, 0.3) is 0 Å². The van der Waals surface area contributed by atoms with Crippen LogP contribution in [0.1, 0.15) is 5.69 Å². The number of nitrogens with zero attached hydrogens (tertiary/aromatic N) is 4. The predicted octanol–water partition coefficient (Wildman–Crippen LogP) is 1.75. The number of aromatic amines is 1. The molecule has 7 nitrogen and oxygen atoms in total. The van der Waals surface area contributed by atoms with Gasteiger partial charge in [-0.05, 0) is 25.1 Å². The van der Waals surface area contributed by atoms with E-state index in [9.17, 15) is 0 Å². The van der Waals surface area contributed by atoms with Gasteiger partial charge in [-0.25, -0.2) is 4.98 Å². The Morgan fingerprint density at radius 2 is 2.04 bits per heavy atom. The first kappa shape index (κ1) is 14.9. The van der Waals surface area contributed by atoms with Crippen LogP contribution in [0.5, 0.6) is 6.01 Å². The van der Waals surface area contributed by atoms with Crippen molar-refractivity contribution in [1.82, 2.24) is 25.5 Å². The molecular formula is C17H20N6O. The average molecular weight is 324 g/mol. The number of fused-ring (bicyclic) bond motifs is 1. The molecule has 0 atom stereocenters. The summed E-state index contributed by atoms with van der Waals surface area (Å²) >= 11 is 0. The fourth-order valence-electron chi connectivity index (χ4n) is 3.13. The molecule has 2 N–H and O–H groups in total. The SMILES string of the molecule is COc1ncc2c(N3CCNCC3)ccc(-c3cc(C)[nH]n3)c2n1. The van der Waals surface area contributed by atoms with Crippen LogP contribution in [0.25, 0.3) is 22.2 Å². The smallest absolute Gasteiger partial charge is 0.316 e. The van der Waals surface area contributed by atoms with Crippen molar-refractivity contribution in [3.05, 3.63) is 30.1 Å². The van der Waals surface area contributed by atoms with Crippen LogP contribution < -0.4 is 15.0 Å². The summed E-state index contributed by atoms with van der Waals surface area (Å²) in [7, 11) is 1.58. The van der Waals surface area contributed by atoms with Gasteiger partial charge in [-0.2, -0.15) is 10.1 Å². The second kappa shape index (κ2) is 6.09. The van der Waals surface area contributed by atoms with Crippen LogP contribution in [0.2, 0.25) is 0 Å². The zero-order chi connectivity index (χ0) is 16.5.